The van der Waals surface area contributed by atoms with Gasteiger partial charge in [-0.2, -0.15) is 0 Å². The molecule has 0 N–H and O–H groups in total. The fourth-order valence-electron chi connectivity index (χ4n) is 0.815. The first-order valence-electron chi connectivity index (χ1n) is 5.03. The molecule has 0 heterocycles. The zero-order valence-corrected chi connectivity index (χ0v) is 9.81. The summed E-state index contributed by atoms with van der Waals surface area (Å²) in [5.41, 5.74) is 3.13. The van der Waals surface area contributed by atoms with Crippen molar-refractivity contribution in [1.29, 1.82) is 0 Å². The van der Waals surface area contributed by atoms with Crippen molar-refractivity contribution in [2.45, 2.75) is 27.2 Å². The van der Waals surface area contributed by atoms with Crippen molar-refractivity contribution in [3.8, 4) is 0 Å². The van der Waals surface area contributed by atoms with E-state index in [1.165, 1.54) is 11.6 Å². The Bertz CT molecular complexity index is 327. The number of hydrogen-bond donors (Lipinski definition) is 0. The van der Waals surface area contributed by atoms with Crippen molar-refractivity contribution >= 4 is 0 Å². The van der Waals surface area contributed by atoms with Gasteiger partial charge in [-0.25, -0.2) is 4.39 Å². The molecule has 1 heteroatoms. The summed E-state index contributed by atoms with van der Waals surface area (Å²) in [4.78, 5) is 0. The van der Waals surface area contributed by atoms with E-state index in [2.05, 4.69) is 33.1 Å². The Labute approximate surface area is 92.2 Å². The lowest BCUT2D eigenvalue weighted by Gasteiger charge is -1.98. The highest BCUT2D eigenvalue weighted by molar-refractivity contribution is 5.39. The van der Waals surface area contributed by atoms with Crippen LogP contribution in [0.1, 0.15) is 27.2 Å². The molecular formula is C14H19F. The van der Waals surface area contributed by atoms with Crippen molar-refractivity contribution in [3.63, 3.8) is 0 Å². The second-order valence-electron chi connectivity index (χ2n) is 3.52. The van der Waals surface area contributed by atoms with Gasteiger partial charge < -0.3 is 0 Å². The molecule has 0 saturated carbocycles. The molecule has 0 fully saturated rings. The third-order valence-corrected chi connectivity index (χ3v) is 2.15. The number of halogens is 1. The Hall–Kier alpha value is -1.37. The van der Waals surface area contributed by atoms with Gasteiger partial charge in [-0.3, -0.25) is 0 Å². The largest absolute Gasteiger partial charge is 0.208 e. The first-order chi connectivity index (χ1) is 6.97. The van der Waals surface area contributed by atoms with E-state index in [1.807, 2.05) is 13.0 Å². The van der Waals surface area contributed by atoms with Crippen molar-refractivity contribution in [1.82, 2.24) is 0 Å². The summed E-state index contributed by atoms with van der Waals surface area (Å²) in [5.74, 6) is -0.454. The number of hydrogen-bond acceptors (Lipinski definition) is 0. The number of rotatable bonds is 5. The summed E-state index contributed by atoms with van der Waals surface area (Å²) in [6.45, 7) is 13.1. The SMILES string of the molecule is C=C(F)/C=C\C(=C)/C(C)=C/C=C(/C)CC. The van der Waals surface area contributed by atoms with E-state index < -0.39 is 5.83 Å². The average molecular weight is 206 g/mol. The predicted molar refractivity (Wildman–Crippen MR) is 66.3 cm³/mol. The molecular weight excluding hydrogens is 187 g/mol. The summed E-state index contributed by atoms with van der Waals surface area (Å²) in [6, 6.07) is 0. The summed E-state index contributed by atoms with van der Waals surface area (Å²) in [5, 5.41) is 0. The normalized spacial score (nSPS) is 13.3. The first kappa shape index (κ1) is 13.6. The molecule has 0 rings (SSSR count). The van der Waals surface area contributed by atoms with Crippen molar-refractivity contribution in [2.75, 3.05) is 0 Å². The van der Waals surface area contributed by atoms with Crippen LogP contribution < -0.4 is 0 Å². The molecule has 0 aliphatic carbocycles. The van der Waals surface area contributed by atoms with E-state index in [-0.39, 0.29) is 0 Å². The maximum Gasteiger partial charge on any atom is 0.116 e. The maximum atomic E-state index is 12.3. The molecule has 0 atom stereocenters. The molecule has 0 bridgehead atoms. The fourth-order valence-corrected chi connectivity index (χ4v) is 0.815. The standard InChI is InChI=1S/C14H19F/c1-6-11(2)7-8-12(3)13(4)9-10-14(5)15/h7-10H,4-6H2,1-3H3/b10-9-,11-7-,12-8+. The molecule has 15 heavy (non-hydrogen) atoms. The van der Waals surface area contributed by atoms with E-state index in [1.54, 1.807) is 6.08 Å². The summed E-state index contributed by atoms with van der Waals surface area (Å²) < 4.78 is 12.3. The quantitative estimate of drug-likeness (QED) is 0.562. The van der Waals surface area contributed by atoms with Crippen LogP contribution in [-0.2, 0) is 0 Å². The van der Waals surface area contributed by atoms with Crippen LogP contribution in [0, 0.1) is 0 Å². The first-order valence-corrected chi connectivity index (χ1v) is 5.03. The second-order valence-corrected chi connectivity index (χ2v) is 3.52. The number of allylic oxidation sites excluding steroid dienone is 8. The summed E-state index contributed by atoms with van der Waals surface area (Å²) in [7, 11) is 0. The topological polar surface area (TPSA) is 0 Å². The van der Waals surface area contributed by atoms with Crippen LogP contribution in [0.15, 0.2) is 60.0 Å². The Kier molecular flexibility index (Phi) is 6.35. The van der Waals surface area contributed by atoms with Crippen LogP contribution in [0.2, 0.25) is 0 Å². The van der Waals surface area contributed by atoms with Crippen LogP contribution in [-0.4, -0.2) is 0 Å². The van der Waals surface area contributed by atoms with Gasteiger partial charge in [0.25, 0.3) is 0 Å². The third kappa shape index (κ3) is 6.67. The van der Waals surface area contributed by atoms with Gasteiger partial charge in [0.05, 0.1) is 0 Å². The highest BCUT2D eigenvalue weighted by Gasteiger charge is 1.91. The highest BCUT2D eigenvalue weighted by atomic mass is 19.1. The van der Waals surface area contributed by atoms with E-state index in [0.717, 1.165) is 17.6 Å². The Morgan fingerprint density at radius 3 is 2.20 bits per heavy atom. The molecule has 0 nitrogen and oxygen atoms in total. The molecule has 0 saturated heterocycles. The molecule has 0 aromatic carbocycles. The van der Waals surface area contributed by atoms with Crippen LogP contribution in [0.3, 0.4) is 0 Å². The molecule has 0 unspecified atom stereocenters. The van der Waals surface area contributed by atoms with Gasteiger partial charge in [-0.05, 0) is 37.5 Å². The molecule has 0 radical (unpaired) electrons. The Balaban J connectivity index is 4.51. The van der Waals surface area contributed by atoms with Gasteiger partial charge >= 0.3 is 0 Å². The van der Waals surface area contributed by atoms with Gasteiger partial charge in [0.15, 0.2) is 0 Å². The third-order valence-electron chi connectivity index (χ3n) is 2.15. The molecule has 0 aromatic heterocycles. The summed E-state index contributed by atoms with van der Waals surface area (Å²) >= 11 is 0. The molecule has 0 aromatic rings. The zero-order chi connectivity index (χ0) is 11.8. The van der Waals surface area contributed by atoms with E-state index >= 15 is 0 Å². The minimum absolute atomic E-state index is 0.454. The molecule has 0 aliphatic rings. The molecule has 0 spiro atoms. The van der Waals surface area contributed by atoms with Crippen molar-refractivity contribution < 1.29 is 4.39 Å². The lowest BCUT2D eigenvalue weighted by Crippen LogP contribution is -1.79. The van der Waals surface area contributed by atoms with Crippen LogP contribution >= 0.6 is 0 Å². The second kappa shape index (κ2) is 6.99. The Morgan fingerprint density at radius 2 is 1.73 bits per heavy atom. The van der Waals surface area contributed by atoms with Gasteiger partial charge in [0.2, 0.25) is 0 Å². The fraction of sp³-hybridized carbons (Fsp3) is 0.286. The lowest BCUT2D eigenvalue weighted by molar-refractivity contribution is 0.671. The molecule has 0 aliphatic heterocycles. The van der Waals surface area contributed by atoms with Gasteiger partial charge in [0.1, 0.15) is 5.83 Å². The van der Waals surface area contributed by atoms with Crippen molar-refractivity contribution in [2.24, 2.45) is 0 Å². The van der Waals surface area contributed by atoms with E-state index in [9.17, 15) is 4.39 Å². The van der Waals surface area contributed by atoms with E-state index in [4.69, 9.17) is 0 Å². The lowest BCUT2D eigenvalue weighted by atomic mass is 10.1. The van der Waals surface area contributed by atoms with Crippen LogP contribution in [0.5, 0.6) is 0 Å². The maximum absolute atomic E-state index is 12.3. The van der Waals surface area contributed by atoms with Gasteiger partial charge in [0, 0.05) is 0 Å². The predicted octanol–water partition coefficient (Wildman–Crippen LogP) is 4.88. The van der Waals surface area contributed by atoms with Gasteiger partial charge in [-0.1, -0.05) is 43.9 Å². The van der Waals surface area contributed by atoms with Crippen LogP contribution in [0.25, 0.3) is 0 Å². The van der Waals surface area contributed by atoms with Crippen LogP contribution in [0.4, 0.5) is 4.39 Å². The zero-order valence-electron chi connectivity index (χ0n) is 9.81. The minimum Gasteiger partial charge on any atom is -0.208 e. The van der Waals surface area contributed by atoms with Crippen molar-refractivity contribution in [3.05, 3.63) is 60.0 Å². The highest BCUT2D eigenvalue weighted by Crippen LogP contribution is 2.11. The average Bonchev–Trinajstić information content (AvgIpc) is 2.21. The smallest absolute Gasteiger partial charge is 0.116 e. The van der Waals surface area contributed by atoms with Gasteiger partial charge in [-0.15, -0.1) is 0 Å². The monoisotopic (exact) mass is 206 g/mol. The van der Waals surface area contributed by atoms with E-state index in [0.29, 0.717) is 0 Å². The summed E-state index contributed by atoms with van der Waals surface area (Å²) in [6.07, 6.45) is 8.03. The Morgan fingerprint density at radius 1 is 1.13 bits per heavy atom. The minimum atomic E-state index is -0.454. The molecule has 82 valence electrons. The molecule has 0 amide bonds.